The molecule has 2 saturated carbocycles. The predicted octanol–water partition coefficient (Wildman–Crippen LogP) is 6.02. The van der Waals surface area contributed by atoms with Crippen LogP contribution in [0.15, 0.2) is 48.6 Å². The van der Waals surface area contributed by atoms with Crippen LogP contribution in [0.4, 0.5) is 5.69 Å². The number of halogens is 1. The average molecular weight is 639 g/mol. The molecule has 3 aliphatic carbocycles. The van der Waals surface area contributed by atoms with Gasteiger partial charge in [0.15, 0.2) is 0 Å². The summed E-state index contributed by atoms with van der Waals surface area (Å²) in [5.41, 5.74) is 3.38. The fourth-order valence-electron chi connectivity index (χ4n) is 8.15. The second-order valence-electron chi connectivity index (χ2n) is 14.1. The number of aliphatic hydroxyl groups is 1. The topological polar surface area (TPSA) is 95.9 Å². The van der Waals surface area contributed by atoms with Crippen LogP contribution in [0.3, 0.4) is 0 Å². The third kappa shape index (κ3) is 5.78. The third-order valence-corrected chi connectivity index (χ3v) is 13.2. The van der Waals surface area contributed by atoms with Gasteiger partial charge in [0.2, 0.25) is 10.0 Å². The summed E-state index contributed by atoms with van der Waals surface area (Å²) >= 11 is 6.41. The van der Waals surface area contributed by atoms with E-state index in [-0.39, 0.29) is 23.2 Å². The Morgan fingerprint density at radius 2 is 1.98 bits per heavy atom. The van der Waals surface area contributed by atoms with E-state index in [0.717, 1.165) is 62.2 Å². The van der Waals surface area contributed by atoms with Crippen molar-refractivity contribution in [1.82, 2.24) is 4.72 Å². The predicted molar refractivity (Wildman–Crippen MR) is 173 cm³/mol. The van der Waals surface area contributed by atoms with Crippen molar-refractivity contribution in [2.24, 2.45) is 23.7 Å². The number of carbonyl (C=O) groups is 1. The summed E-state index contributed by atoms with van der Waals surface area (Å²) in [5.74, 6) is 0.716. The average Bonchev–Trinajstić information content (AvgIpc) is 3.81. The number of carbonyl (C=O) groups excluding carboxylic acids is 1. The summed E-state index contributed by atoms with van der Waals surface area (Å²) in [6, 6.07) is 11.5. The van der Waals surface area contributed by atoms with E-state index in [0.29, 0.717) is 43.2 Å². The molecule has 1 amide bonds. The van der Waals surface area contributed by atoms with E-state index in [4.69, 9.17) is 16.3 Å². The zero-order valence-electron chi connectivity index (χ0n) is 25.4. The maximum Gasteiger partial charge on any atom is 0.264 e. The number of allylic oxidation sites excluding steroid dienone is 1. The van der Waals surface area contributed by atoms with Crippen LogP contribution in [0, 0.1) is 23.7 Å². The van der Waals surface area contributed by atoms with Crippen LogP contribution in [0.2, 0.25) is 5.02 Å². The number of benzene rings is 2. The highest BCUT2D eigenvalue weighted by molar-refractivity contribution is 7.90. The molecular formula is C35H43ClN2O5S. The van der Waals surface area contributed by atoms with Crippen LogP contribution in [0.1, 0.15) is 79.8 Å². The second kappa shape index (κ2) is 11.7. The molecule has 7 rings (SSSR count). The van der Waals surface area contributed by atoms with Crippen LogP contribution in [-0.2, 0) is 21.9 Å². The first-order valence-corrected chi connectivity index (χ1v) is 18.3. The number of nitrogens with zero attached hydrogens (tertiary/aromatic N) is 1. The Bertz CT molecular complexity index is 1570. The van der Waals surface area contributed by atoms with E-state index >= 15 is 0 Å². The first kappa shape index (κ1) is 30.1. The first-order valence-electron chi connectivity index (χ1n) is 16.3. The molecule has 2 N–H and O–H groups in total. The Labute approximate surface area is 266 Å². The standard InChI is InChI=1S/C35H43ClN2O5S/c1-22-4-2-6-31(39)28-12-9-26(28)19-38-20-35(15-3-5-24-17-27(36)11-13-29(24)35)21-43-32-14-10-25(18-30(32)38)34(40)37-44(41,42)33(22)16-23-7-8-23/h2,6,10-11,13-14,17-18,22-23,26,28,31,33,39H,3-5,7-9,12,15-16,19-21H2,1H3,(H,37,40)/b6-2+/t22-,26?,28?,31?,33+,35+/m1/s1. The zero-order chi connectivity index (χ0) is 30.6. The fraction of sp³-hybridized carbons (Fsp3) is 0.571. The summed E-state index contributed by atoms with van der Waals surface area (Å²) in [6.07, 6.45) is 11.4. The maximum atomic E-state index is 13.7. The second-order valence-corrected chi connectivity index (χ2v) is 16.4. The largest absolute Gasteiger partial charge is 0.490 e. The molecule has 5 aliphatic rings. The molecule has 236 valence electrons. The Hall–Kier alpha value is -2.55. The third-order valence-electron chi connectivity index (χ3n) is 11.0. The Kier molecular flexibility index (Phi) is 7.99. The molecule has 44 heavy (non-hydrogen) atoms. The van der Waals surface area contributed by atoms with Crippen LogP contribution in [0.5, 0.6) is 5.75 Å². The molecule has 3 unspecified atom stereocenters. The van der Waals surface area contributed by atoms with Crippen molar-refractivity contribution in [3.05, 3.63) is 70.3 Å². The molecule has 2 aromatic carbocycles. The van der Waals surface area contributed by atoms with Gasteiger partial charge in [-0.15, -0.1) is 0 Å². The van der Waals surface area contributed by atoms with E-state index < -0.39 is 27.3 Å². The van der Waals surface area contributed by atoms with Gasteiger partial charge in [0.1, 0.15) is 5.75 Å². The van der Waals surface area contributed by atoms with Gasteiger partial charge in [0, 0.05) is 29.1 Å². The van der Waals surface area contributed by atoms with Crippen LogP contribution in [0.25, 0.3) is 0 Å². The molecule has 1 spiro atoms. The Morgan fingerprint density at radius 1 is 1.14 bits per heavy atom. The number of fused-ring (bicyclic) bond motifs is 4. The van der Waals surface area contributed by atoms with Gasteiger partial charge in [-0.3, -0.25) is 4.79 Å². The van der Waals surface area contributed by atoms with E-state index in [9.17, 15) is 18.3 Å². The minimum absolute atomic E-state index is 0.132. The summed E-state index contributed by atoms with van der Waals surface area (Å²) in [4.78, 5) is 15.9. The van der Waals surface area contributed by atoms with Gasteiger partial charge in [-0.25, -0.2) is 13.1 Å². The molecule has 2 fully saturated rings. The number of rotatable bonds is 2. The highest BCUT2D eigenvalue weighted by Gasteiger charge is 2.44. The first-order chi connectivity index (χ1) is 21.1. The Morgan fingerprint density at radius 3 is 2.75 bits per heavy atom. The van der Waals surface area contributed by atoms with E-state index in [2.05, 4.69) is 21.8 Å². The van der Waals surface area contributed by atoms with Crippen molar-refractivity contribution in [3.63, 3.8) is 0 Å². The number of hydrogen-bond donors (Lipinski definition) is 2. The smallest absolute Gasteiger partial charge is 0.264 e. The maximum absolute atomic E-state index is 13.7. The molecule has 0 saturated heterocycles. The lowest BCUT2D eigenvalue weighted by Crippen LogP contribution is -2.49. The van der Waals surface area contributed by atoms with Crippen molar-refractivity contribution < 1.29 is 23.1 Å². The van der Waals surface area contributed by atoms with Crippen molar-refractivity contribution in [2.45, 2.75) is 81.5 Å². The lowest BCUT2D eigenvalue weighted by Gasteiger charge is -2.45. The highest BCUT2D eigenvalue weighted by Crippen LogP contribution is 2.47. The van der Waals surface area contributed by atoms with Gasteiger partial charge < -0.3 is 14.7 Å². The molecule has 2 heterocycles. The fourth-order valence-corrected chi connectivity index (χ4v) is 10.1. The van der Waals surface area contributed by atoms with Gasteiger partial charge in [-0.05, 0) is 110 Å². The van der Waals surface area contributed by atoms with Crippen LogP contribution >= 0.6 is 11.6 Å². The lowest BCUT2D eigenvalue weighted by atomic mass is 9.68. The molecule has 7 nitrogen and oxygen atoms in total. The number of amides is 1. The minimum Gasteiger partial charge on any atom is -0.490 e. The number of aryl methyl sites for hydroxylation is 1. The molecule has 0 aromatic heterocycles. The summed E-state index contributed by atoms with van der Waals surface area (Å²) in [5, 5.41) is 11.3. The summed E-state index contributed by atoms with van der Waals surface area (Å²) in [6.45, 7) is 3.87. The number of ether oxygens (including phenoxy) is 1. The van der Waals surface area contributed by atoms with Crippen LogP contribution in [-0.4, -0.2) is 50.5 Å². The number of sulfonamides is 1. The van der Waals surface area contributed by atoms with Gasteiger partial charge >= 0.3 is 0 Å². The van der Waals surface area contributed by atoms with Crippen molar-refractivity contribution in [3.8, 4) is 5.75 Å². The Balaban J connectivity index is 1.28. The molecule has 2 aromatic rings. The molecule has 0 radical (unpaired) electrons. The van der Waals surface area contributed by atoms with Crippen molar-refractivity contribution in [1.29, 1.82) is 0 Å². The monoisotopic (exact) mass is 638 g/mol. The number of hydrogen-bond acceptors (Lipinski definition) is 6. The number of anilines is 1. The van der Waals surface area contributed by atoms with Crippen molar-refractivity contribution >= 4 is 33.2 Å². The molecular weight excluding hydrogens is 596 g/mol. The highest BCUT2D eigenvalue weighted by atomic mass is 35.5. The normalized spacial score (nSPS) is 34.0. The van der Waals surface area contributed by atoms with Crippen molar-refractivity contribution in [2.75, 3.05) is 24.6 Å². The van der Waals surface area contributed by atoms with Gasteiger partial charge in [0.05, 0.1) is 23.6 Å². The molecule has 2 aliphatic heterocycles. The van der Waals surface area contributed by atoms with Gasteiger partial charge in [-0.1, -0.05) is 49.6 Å². The zero-order valence-corrected chi connectivity index (χ0v) is 27.0. The molecule has 9 heteroatoms. The number of nitrogens with one attached hydrogen (secondary N) is 1. The van der Waals surface area contributed by atoms with E-state index in [1.54, 1.807) is 12.1 Å². The summed E-state index contributed by atoms with van der Waals surface area (Å²) < 4.78 is 36.4. The van der Waals surface area contributed by atoms with E-state index in [1.165, 1.54) is 11.1 Å². The van der Waals surface area contributed by atoms with Gasteiger partial charge in [0.25, 0.3) is 5.91 Å². The number of aliphatic hydroxyl groups excluding tert-OH is 1. The lowest BCUT2D eigenvalue weighted by molar-refractivity contribution is 0.0455. The minimum atomic E-state index is -3.93. The summed E-state index contributed by atoms with van der Waals surface area (Å²) in [7, 11) is -3.93. The van der Waals surface area contributed by atoms with Gasteiger partial charge in [-0.2, -0.15) is 0 Å². The van der Waals surface area contributed by atoms with E-state index in [1.807, 2.05) is 31.2 Å². The van der Waals surface area contributed by atoms with Crippen LogP contribution < -0.4 is 14.4 Å². The quantitative estimate of drug-likeness (QED) is 0.391. The molecule has 6 atom stereocenters. The SMILES string of the molecule is C[C@@H]1C/C=C/C(O)C2CCC2CN2C[C@@]3(CCCc4cc(Cl)ccc43)COc3ccc(cc32)C(=O)NS(=O)(=O)[C@H]1CC1CC1. The molecule has 2 bridgehead atoms.